The fourth-order valence-corrected chi connectivity index (χ4v) is 0.954. The predicted octanol–water partition coefficient (Wildman–Crippen LogP) is 1.76. The third-order valence-corrected chi connectivity index (χ3v) is 1.46. The standard InChI is InChI=1S/C7H7N3.2ClH/c8-6-5-9-10-4-2-1-3-7(6)10;;/h1-5H,8H2;2*1H. The van der Waals surface area contributed by atoms with E-state index in [4.69, 9.17) is 5.73 Å². The number of aromatic nitrogens is 2. The van der Waals surface area contributed by atoms with E-state index < -0.39 is 0 Å². The Kier molecular flexibility index (Phi) is 3.86. The summed E-state index contributed by atoms with van der Waals surface area (Å²) in [5.74, 6) is 0. The van der Waals surface area contributed by atoms with Crippen molar-refractivity contribution in [1.82, 2.24) is 9.61 Å². The van der Waals surface area contributed by atoms with Gasteiger partial charge in [0.1, 0.15) is 0 Å². The molecule has 2 N–H and O–H groups in total. The molecular weight excluding hydrogens is 197 g/mol. The van der Waals surface area contributed by atoms with E-state index in [1.165, 1.54) is 0 Å². The van der Waals surface area contributed by atoms with Gasteiger partial charge in [0.25, 0.3) is 0 Å². The Labute approximate surface area is 82.4 Å². The number of rotatable bonds is 0. The highest BCUT2D eigenvalue weighted by atomic mass is 35.5. The molecule has 0 bridgehead atoms. The van der Waals surface area contributed by atoms with Gasteiger partial charge < -0.3 is 5.73 Å². The van der Waals surface area contributed by atoms with Gasteiger partial charge in [-0.05, 0) is 12.1 Å². The highest BCUT2D eigenvalue weighted by Gasteiger charge is 1.94. The molecule has 0 amide bonds. The largest absolute Gasteiger partial charge is 0.396 e. The number of anilines is 1. The molecule has 0 aliphatic rings. The molecule has 2 aromatic rings. The van der Waals surface area contributed by atoms with Gasteiger partial charge in [-0.3, -0.25) is 0 Å². The lowest BCUT2D eigenvalue weighted by molar-refractivity contribution is 0.961. The van der Waals surface area contributed by atoms with Gasteiger partial charge in [-0.15, -0.1) is 24.8 Å². The van der Waals surface area contributed by atoms with Gasteiger partial charge in [0.2, 0.25) is 0 Å². The van der Waals surface area contributed by atoms with Crippen LogP contribution in [0.3, 0.4) is 0 Å². The van der Waals surface area contributed by atoms with Gasteiger partial charge in [-0.2, -0.15) is 5.10 Å². The van der Waals surface area contributed by atoms with Gasteiger partial charge in [-0.1, -0.05) is 6.07 Å². The van der Waals surface area contributed by atoms with Crippen molar-refractivity contribution >= 4 is 36.0 Å². The first-order valence-electron chi connectivity index (χ1n) is 3.06. The molecule has 5 heteroatoms. The minimum Gasteiger partial charge on any atom is -0.396 e. The predicted molar refractivity (Wildman–Crippen MR) is 54.1 cm³/mol. The van der Waals surface area contributed by atoms with E-state index >= 15 is 0 Å². The van der Waals surface area contributed by atoms with Crippen LogP contribution in [0.1, 0.15) is 0 Å². The summed E-state index contributed by atoms with van der Waals surface area (Å²) in [6.45, 7) is 0. The summed E-state index contributed by atoms with van der Waals surface area (Å²) < 4.78 is 1.75. The summed E-state index contributed by atoms with van der Waals surface area (Å²) in [5, 5.41) is 4.01. The number of fused-ring (bicyclic) bond motifs is 1. The van der Waals surface area contributed by atoms with E-state index in [-0.39, 0.29) is 24.8 Å². The molecule has 2 rings (SSSR count). The average Bonchev–Trinajstić information content (AvgIpc) is 2.34. The maximum Gasteiger partial charge on any atom is 0.0891 e. The molecule has 0 radical (unpaired) electrons. The van der Waals surface area contributed by atoms with E-state index in [0.29, 0.717) is 0 Å². The molecule has 0 aliphatic carbocycles. The van der Waals surface area contributed by atoms with Crippen LogP contribution in [0.25, 0.3) is 5.52 Å². The first-order chi connectivity index (χ1) is 4.88. The fourth-order valence-electron chi connectivity index (χ4n) is 0.954. The van der Waals surface area contributed by atoms with E-state index in [9.17, 15) is 0 Å². The van der Waals surface area contributed by atoms with Gasteiger partial charge in [-0.25, -0.2) is 4.52 Å². The molecule has 0 saturated carbocycles. The third kappa shape index (κ3) is 1.62. The highest BCUT2D eigenvalue weighted by molar-refractivity contribution is 5.85. The summed E-state index contributed by atoms with van der Waals surface area (Å²) in [6, 6.07) is 5.79. The van der Waals surface area contributed by atoms with Crippen molar-refractivity contribution in [1.29, 1.82) is 0 Å². The Morgan fingerprint density at radius 1 is 1.25 bits per heavy atom. The number of hydrogen-bond donors (Lipinski definition) is 1. The van der Waals surface area contributed by atoms with E-state index in [1.54, 1.807) is 10.7 Å². The number of halogens is 2. The maximum atomic E-state index is 5.59. The smallest absolute Gasteiger partial charge is 0.0891 e. The van der Waals surface area contributed by atoms with Crippen molar-refractivity contribution in [3.05, 3.63) is 30.6 Å². The summed E-state index contributed by atoms with van der Waals surface area (Å²) in [5.41, 5.74) is 7.28. The number of pyridine rings is 1. The Morgan fingerprint density at radius 3 is 2.67 bits per heavy atom. The minimum absolute atomic E-state index is 0. The SMILES string of the molecule is Cl.Cl.Nc1cnn2ccccc12. The second kappa shape index (κ2) is 4.18. The Bertz CT molecular complexity index is 358. The van der Waals surface area contributed by atoms with Crippen LogP contribution in [0.4, 0.5) is 5.69 Å². The van der Waals surface area contributed by atoms with Gasteiger partial charge in [0.05, 0.1) is 17.4 Å². The highest BCUT2D eigenvalue weighted by Crippen LogP contribution is 2.09. The molecule has 0 aromatic carbocycles. The molecule has 66 valence electrons. The van der Waals surface area contributed by atoms with Crippen molar-refractivity contribution in [3.63, 3.8) is 0 Å². The first-order valence-corrected chi connectivity index (χ1v) is 3.06. The molecule has 3 nitrogen and oxygen atoms in total. The molecule has 0 spiro atoms. The van der Waals surface area contributed by atoms with Crippen molar-refractivity contribution < 1.29 is 0 Å². The maximum absolute atomic E-state index is 5.59. The van der Waals surface area contributed by atoms with Crippen LogP contribution in [0.5, 0.6) is 0 Å². The third-order valence-electron chi connectivity index (χ3n) is 1.46. The summed E-state index contributed by atoms with van der Waals surface area (Å²) in [4.78, 5) is 0. The second-order valence-corrected chi connectivity index (χ2v) is 2.13. The molecule has 0 unspecified atom stereocenters. The minimum atomic E-state index is 0. The number of hydrogen-bond acceptors (Lipinski definition) is 2. The number of nitrogen functional groups attached to an aromatic ring is 1. The Hall–Kier alpha value is -0.930. The molecule has 0 atom stereocenters. The van der Waals surface area contributed by atoms with Crippen LogP contribution in [-0.4, -0.2) is 9.61 Å². The van der Waals surface area contributed by atoms with Crippen molar-refractivity contribution in [2.45, 2.75) is 0 Å². The van der Waals surface area contributed by atoms with Crippen LogP contribution >= 0.6 is 24.8 Å². The van der Waals surface area contributed by atoms with Crippen LogP contribution in [-0.2, 0) is 0 Å². The van der Waals surface area contributed by atoms with E-state index in [2.05, 4.69) is 5.10 Å². The summed E-state index contributed by atoms with van der Waals surface area (Å²) in [7, 11) is 0. The number of nitrogens with zero attached hydrogens (tertiary/aromatic N) is 2. The van der Waals surface area contributed by atoms with Gasteiger partial charge in [0, 0.05) is 6.20 Å². The normalized spacial score (nSPS) is 8.67. The van der Waals surface area contributed by atoms with Crippen LogP contribution < -0.4 is 5.73 Å². The molecule has 0 fully saturated rings. The zero-order valence-electron chi connectivity index (χ0n) is 6.18. The second-order valence-electron chi connectivity index (χ2n) is 2.13. The zero-order valence-corrected chi connectivity index (χ0v) is 7.81. The first kappa shape index (κ1) is 11.1. The molecule has 0 aliphatic heterocycles. The molecule has 12 heavy (non-hydrogen) atoms. The van der Waals surface area contributed by atoms with Crippen molar-refractivity contribution in [2.75, 3.05) is 5.73 Å². The monoisotopic (exact) mass is 205 g/mol. The quantitative estimate of drug-likeness (QED) is 0.713. The molecule has 2 aromatic heterocycles. The van der Waals surface area contributed by atoms with Crippen LogP contribution in [0.2, 0.25) is 0 Å². The topological polar surface area (TPSA) is 43.3 Å². The van der Waals surface area contributed by atoms with Crippen LogP contribution in [0, 0.1) is 0 Å². The van der Waals surface area contributed by atoms with Gasteiger partial charge in [0.15, 0.2) is 0 Å². The summed E-state index contributed by atoms with van der Waals surface area (Å²) >= 11 is 0. The molecular formula is C7H9Cl2N3. The lowest BCUT2D eigenvalue weighted by Gasteiger charge is -1.89. The lowest BCUT2D eigenvalue weighted by atomic mass is 10.4. The summed E-state index contributed by atoms with van der Waals surface area (Å²) in [6.07, 6.45) is 3.51. The van der Waals surface area contributed by atoms with Crippen LogP contribution in [0.15, 0.2) is 30.6 Å². The van der Waals surface area contributed by atoms with Crippen molar-refractivity contribution in [3.8, 4) is 0 Å². The number of nitrogens with two attached hydrogens (primary N) is 1. The zero-order chi connectivity index (χ0) is 6.97. The average molecular weight is 206 g/mol. The Balaban J connectivity index is 0.000000605. The van der Waals surface area contributed by atoms with Gasteiger partial charge >= 0.3 is 0 Å². The lowest BCUT2D eigenvalue weighted by Crippen LogP contribution is -1.85. The fraction of sp³-hybridized carbons (Fsp3) is 0. The van der Waals surface area contributed by atoms with E-state index in [1.807, 2.05) is 24.4 Å². The van der Waals surface area contributed by atoms with E-state index in [0.717, 1.165) is 11.2 Å². The Morgan fingerprint density at radius 2 is 2.00 bits per heavy atom. The molecule has 2 heterocycles. The molecule has 0 saturated heterocycles. The van der Waals surface area contributed by atoms with Crippen molar-refractivity contribution in [2.24, 2.45) is 0 Å².